The fourth-order valence-electron chi connectivity index (χ4n) is 1.79. The van der Waals surface area contributed by atoms with E-state index in [0.717, 1.165) is 22.6 Å². The molecule has 5 heteroatoms. The molecule has 0 unspecified atom stereocenters. The Morgan fingerprint density at radius 3 is 2.35 bits per heavy atom. The van der Waals surface area contributed by atoms with Gasteiger partial charge >= 0.3 is 6.03 Å². The van der Waals surface area contributed by atoms with Crippen molar-refractivity contribution in [3.63, 3.8) is 0 Å². The predicted octanol–water partition coefficient (Wildman–Crippen LogP) is 3.31. The first-order chi connectivity index (χ1) is 9.33. The second-order valence-corrected chi connectivity index (χ2v) is 5.84. The number of aromatic nitrogens is 2. The third-order valence-corrected chi connectivity index (χ3v) is 2.63. The van der Waals surface area contributed by atoms with Crippen molar-refractivity contribution in [1.29, 1.82) is 0 Å². The van der Waals surface area contributed by atoms with Crippen molar-refractivity contribution in [3.05, 3.63) is 36.0 Å². The lowest BCUT2D eigenvalue weighted by Gasteiger charge is -2.20. The molecule has 5 nitrogen and oxygen atoms in total. The molecule has 0 aliphatic carbocycles. The zero-order valence-electron chi connectivity index (χ0n) is 12.2. The SMILES string of the molecule is Cc1cc(-c2ccc(NC(=O)NC(C)(C)C)cc2)n[nH]1. The van der Waals surface area contributed by atoms with Gasteiger partial charge in [-0.3, -0.25) is 5.10 Å². The Hall–Kier alpha value is -2.30. The number of nitrogens with zero attached hydrogens (tertiary/aromatic N) is 1. The molecule has 0 aliphatic heterocycles. The van der Waals surface area contributed by atoms with Crippen molar-refractivity contribution >= 4 is 11.7 Å². The third kappa shape index (κ3) is 3.85. The zero-order chi connectivity index (χ0) is 14.8. The number of benzene rings is 1. The largest absolute Gasteiger partial charge is 0.333 e. The number of aromatic amines is 1. The number of aryl methyl sites for hydroxylation is 1. The first-order valence-electron chi connectivity index (χ1n) is 6.55. The van der Waals surface area contributed by atoms with E-state index in [1.807, 2.05) is 58.0 Å². The van der Waals surface area contributed by atoms with Crippen molar-refractivity contribution in [2.75, 3.05) is 5.32 Å². The maximum atomic E-state index is 11.7. The molecule has 0 saturated heterocycles. The third-order valence-electron chi connectivity index (χ3n) is 2.63. The Kier molecular flexibility index (Phi) is 3.79. The van der Waals surface area contributed by atoms with Crippen molar-refractivity contribution < 1.29 is 4.79 Å². The highest BCUT2D eigenvalue weighted by Crippen LogP contribution is 2.20. The minimum Gasteiger partial charge on any atom is -0.333 e. The van der Waals surface area contributed by atoms with Crippen LogP contribution in [0.1, 0.15) is 26.5 Å². The minimum atomic E-state index is -0.253. The minimum absolute atomic E-state index is 0.208. The second-order valence-electron chi connectivity index (χ2n) is 5.84. The first kappa shape index (κ1) is 14.1. The van der Waals surface area contributed by atoms with Gasteiger partial charge < -0.3 is 10.6 Å². The summed E-state index contributed by atoms with van der Waals surface area (Å²) in [7, 11) is 0. The van der Waals surface area contributed by atoms with Crippen LogP contribution in [0.15, 0.2) is 30.3 Å². The number of hydrogen-bond donors (Lipinski definition) is 3. The highest BCUT2D eigenvalue weighted by molar-refractivity contribution is 5.89. The molecule has 0 aliphatic rings. The molecule has 2 amide bonds. The average Bonchev–Trinajstić information content (AvgIpc) is 2.74. The van der Waals surface area contributed by atoms with Crippen LogP contribution < -0.4 is 10.6 Å². The summed E-state index contributed by atoms with van der Waals surface area (Å²) in [4.78, 5) is 11.7. The van der Waals surface area contributed by atoms with E-state index in [4.69, 9.17) is 0 Å². The van der Waals surface area contributed by atoms with E-state index in [9.17, 15) is 4.79 Å². The van der Waals surface area contributed by atoms with Gasteiger partial charge in [-0.25, -0.2) is 4.79 Å². The van der Waals surface area contributed by atoms with Gasteiger partial charge in [0.15, 0.2) is 0 Å². The Morgan fingerprint density at radius 2 is 1.85 bits per heavy atom. The van der Waals surface area contributed by atoms with Crippen molar-refractivity contribution in [1.82, 2.24) is 15.5 Å². The summed E-state index contributed by atoms with van der Waals surface area (Å²) in [5, 5.41) is 12.8. The molecular formula is C15H20N4O. The van der Waals surface area contributed by atoms with Crippen LogP contribution in [-0.2, 0) is 0 Å². The number of hydrogen-bond acceptors (Lipinski definition) is 2. The highest BCUT2D eigenvalue weighted by Gasteiger charge is 2.13. The summed E-state index contributed by atoms with van der Waals surface area (Å²) >= 11 is 0. The lowest BCUT2D eigenvalue weighted by Crippen LogP contribution is -2.43. The van der Waals surface area contributed by atoms with Crippen molar-refractivity contribution in [2.24, 2.45) is 0 Å². The number of carbonyl (C=O) groups is 1. The molecule has 0 saturated carbocycles. The topological polar surface area (TPSA) is 69.8 Å². The van der Waals surface area contributed by atoms with Crippen LogP contribution in [0.3, 0.4) is 0 Å². The Balaban J connectivity index is 2.03. The molecule has 0 atom stereocenters. The van der Waals surface area contributed by atoms with E-state index in [1.165, 1.54) is 0 Å². The highest BCUT2D eigenvalue weighted by atomic mass is 16.2. The van der Waals surface area contributed by atoms with Crippen molar-refractivity contribution in [3.8, 4) is 11.3 Å². The van der Waals surface area contributed by atoms with E-state index in [1.54, 1.807) is 0 Å². The summed E-state index contributed by atoms with van der Waals surface area (Å²) in [6.45, 7) is 7.78. The van der Waals surface area contributed by atoms with Gasteiger partial charge in [-0.2, -0.15) is 5.10 Å². The smallest absolute Gasteiger partial charge is 0.319 e. The maximum absolute atomic E-state index is 11.7. The van der Waals surface area contributed by atoms with Crippen LogP contribution in [0, 0.1) is 6.92 Å². The molecule has 2 rings (SSSR count). The van der Waals surface area contributed by atoms with Gasteiger partial charge in [0, 0.05) is 22.5 Å². The average molecular weight is 272 g/mol. The molecule has 0 radical (unpaired) electrons. The van der Waals surface area contributed by atoms with Gasteiger partial charge in [0.25, 0.3) is 0 Å². The van der Waals surface area contributed by atoms with E-state index in [0.29, 0.717) is 0 Å². The van der Waals surface area contributed by atoms with Gasteiger partial charge in [-0.15, -0.1) is 0 Å². The Morgan fingerprint density at radius 1 is 1.20 bits per heavy atom. The molecule has 1 aromatic carbocycles. The summed E-state index contributed by atoms with van der Waals surface area (Å²) in [5.41, 5.74) is 3.43. The molecule has 2 aromatic rings. The molecule has 106 valence electrons. The molecule has 20 heavy (non-hydrogen) atoms. The number of rotatable bonds is 2. The Labute approximate surface area is 118 Å². The normalized spacial score (nSPS) is 11.2. The van der Waals surface area contributed by atoms with Gasteiger partial charge in [-0.05, 0) is 45.9 Å². The second kappa shape index (κ2) is 5.36. The number of anilines is 1. The summed E-state index contributed by atoms with van der Waals surface area (Å²) in [5.74, 6) is 0. The number of carbonyl (C=O) groups excluding carboxylic acids is 1. The molecule has 1 heterocycles. The standard InChI is InChI=1S/C15H20N4O/c1-10-9-13(19-18-10)11-5-7-12(8-6-11)16-14(20)17-15(2,3)4/h5-9H,1-4H3,(H,18,19)(H2,16,17,20). The summed E-state index contributed by atoms with van der Waals surface area (Å²) in [6.07, 6.45) is 0. The summed E-state index contributed by atoms with van der Waals surface area (Å²) in [6, 6.07) is 9.36. The fourth-order valence-corrected chi connectivity index (χ4v) is 1.79. The molecule has 1 aromatic heterocycles. The van der Waals surface area contributed by atoms with Gasteiger partial charge in [0.1, 0.15) is 0 Å². The van der Waals surface area contributed by atoms with Crippen molar-refractivity contribution in [2.45, 2.75) is 33.2 Å². The maximum Gasteiger partial charge on any atom is 0.319 e. The number of nitrogens with one attached hydrogen (secondary N) is 3. The number of H-pyrrole nitrogens is 1. The molecule has 3 N–H and O–H groups in total. The molecule has 0 spiro atoms. The van der Waals surface area contributed by atoms with E-state index in [2.05, 4.69) is 20.8 Å². The van der Waals surface area contributed by atoms with Gasteiger partial charge in [0.05, 0.1) is 5.69 Å². The fraction of sp³-hybridized carbons (Fsp3) is 0.333. The zero-order valence-corrected chi connectivity index (χ0v) is 12.2. The first-order valence-corrected chi connectivity index (χ1v) is 6.55. The number of amides is 2. The predicted molar refractivity (Wildman–Crippen MR) is 80.7 cm³/mol. The number of urea groups is 1. The van der Waals surface area contributed by atoms with E-state index in [-0.39, 0.29) is 11.6 Å². The molecule has 0 fully saturated rings. The van der Waals surface area contributed by atoms with Gasteiger partial charge in [-0.1, -0.05) is 12.1 Å². The molecule has 0 bridgehead atoms. The van der Waals surface area contributed by atoms with Crippen LogP contribution >= 0.6 is 0 Å². The van der Waals surface area contributed by atoms with Crippen LogP contribution in [0.2, 0.25) is 0 Å². The van der Waals surface area contributed by atoms with Crippen LogP contribution in [0.25, 0.3) is 11.3 Å². The lowest BCUT2D eigenvalue weighted by atomic mass is 10.1. The molecular weight excluding hydrogens is 252 g/mol. The Bertz CT molecular complexity index is 593. The van der Waals surface area contributed by atoms with E-state index >= 15 is 0 Å². The van der Waals surface area contributed by atoms with Crippen LogP contribution in [0.5, 0.6) is 0 Å². The van der Waals surface area contributed by atoms with Crippen LogP contribution in [-0.4, -0.2) is 21.8 Å². The van der Waals surface area contributed by atoms with Crippen LogP contribution in [0.4, 0.5) is 10.5 Å². The van der Waals surface area contributed by atoms with Gasteiger partial charge in [0.2, 0.25) is 0 Å². The lowest BCUT2D eigenvalue weighted by molar-refractivity contribution is 0.244. The monoisotopic (exact) mass is 272 g/mol. The quantitative estimate of drug-likeness (QED) is 0.785. The summed E-state index contributed by atoms with van der Waals surface area (Å²) < 4.78 is 0. The van der Waals surface area contributed by atoms with E-state index < -0.39 is 0 Å².